The van der Waals surface area contributed by atoms with Crippen LogP contribution < -0.4 is 0 Å². The molecule has 7 heteroatoms. The second kappa shape index (κ2) is 4.40. The minimum absolute atomic E-state index is 0.349. The molecule has 0 atom stereocenters. The van der Waals surface area contributed by atoms with E-state index in [2.05, 4.69) is 14.5 Å². The van der Waals surface area contributed by atoms with Crippen LogP contribution in [0, 0.1) is 6.92 Å². The molecule has 0 unspecified atom stereocenters. The van der Waals surface area contributed by atoms with Crippen LogP contribution >= 0.6 is 11.5 Å². The lowest BCUT2D eigenvalue weighted by Crippen LogP contribution is -2.03. The van der Waals surface area contributed by atoms with Crippen LogP contribution in [0.4, 0.5) is 0 Å². The summed E-state index contributed by atoms with van der Waals surface area (Å²) >= 11 is 1.23. The van der Waals surface area contributed by atoms with Crippen LogP contribution in [-0.4, -0.2) is 31.7 Å². The molecule has 2 aromatic rings. The SMILES string of the molecule is CCOC(=O)c1cnn(-c2nc(C)ns2)c1. The van der Waals surface area contributed by atoms with Crippen LogP contribution in [0.5, 0.6) is 0 Å². The topological polar surface area (TPSA) is 69.9 Å². The molecule has 6 nitrogen and oxygen atoms in total. The van der Waals surface area contributed by atoms with Gasteiger partial charge in [-0.2, -0.15) is 9.47 Å². The first kappa shape index (κ1) is 10.7. The first-order valence-corrected chi connectivity index (χ1v) is 5.50. The quantitative estimate of drug-likeness (QED) is 0.752. The van der Waals surface area contributed by atoms with Gasteiger partial charge in [-0.1, -0.05) is 0 Å². The zero-order valence-electron chi connectivity index (χ0n) is 8.88. The molecule has 84 valence electrons. The molecule has 0 fully saturated rings. The number of aryl methyl sites for hydroxylation is 1. The van der Waals surface area contributed by atoms with E-state index in [4.69, 9.17) is 4.74 Å². The molecule has 0 radical (unpaired) electrons. The Balaban J connectivity index is 2.22. The molecule has 0 amide bonds. The highest BCUT2D eigenvalue weighted by molar-refractivity contribution is 7.08. The summed E-state index contributed by atoms with van der Waals surface area (Å²) in [6, 6.07) is 0. The van der Waals surface area contributed by atoms with Gasteiger partial charge in [-0.15, -0.1) is 0 Å². The average molecular weight is 238 g/mol. The Bertz CT molecular complexity index is 505. The molecule has 2 rings (SSSR count). The summed E-state index contributed by atoms with van der Waals surface area (Å²) in [5.41, 5.74) is 0.412. The van der Waals surface area contributed by atoms with Crippen molar-refractivity contribution < 1.29 is 9.53 Å². The summed E-state index contributed by atoms with van der Waals surface area (Å²) in [6.07, 6.45) is 3.03. The Morgan fingerprint density at radius 3 is 3.06 bits per heavy atom. The summed E-state index contributed by atoms with van der Waals surface area (Å²) in [6.45, 7) is 3.91. The first-order valence-electron chi connectivity index (χ1n) is 4.73. The predicted octanol–water partition coefficient (Wildman–Crippen LogP) is 1.21. The lowest BCUT2D eigenvalue weighted by atomic mass is 10.4. The molecule has 16 heavy (non-hydrogen) atoms. The van der Waals surface area contributed by atoms with E-state index in [0.717, 1.165) is 0 Å². The largest absolute Gasteiger partial charge is 0.462 e. The van der Waals surface area contributed by atoms with Gasteiger partial charge in [0.25, 0.3) is 0 Å². The Morgan fingerprint density at radius 2 is 2.44 bits per heavy atom. The van der Waals surface area contributed by atoms with Gasteiger partial charge in [0.15, 0.2) is 0 Å². The third-order valence-electron chi connectivity index (χ3n) is 1.81. The summed E-state index contributed by atoms with van der Waals surface area (Å²) in [5, 5.41) is 4.66. The molecule has 2 aromatic heterocycles. The molecule has 0 N–H and O–H groups in total. The number of rotatable bonds is 3. The molecule has 0 spiro atoms. The molecule has 0 saturated carbocycles. The molecular weight excluding hydrogens is 228 g/mol. The summed E-state index contributed by atoms with van der Waals surface area (Å²) in [7, 11) is 0. The van der Waals surface area contributed by atoms with E-state index in [9.17, 15) is 4.79 Å². The monoisotopic (exact) mass is 238 g/mol. The molecule has 0 aliphatic rings. The van der Waals surface area contributed by atoms with Crippen molar-refractivity contribution >= 4 is 17.5 Å². The Morgan fingerprint density at radius 1 is 1.62 bits per heavy atom. The van der Waals surface area contributed by atoms with Crippen LogP contribution in [0.1, 0.15) is 23.1 Å². The Labute approximate surface area is 96.1 Å². The maximum Gasteiger partial charge on any atom is 0.341 e. The van der Waals surface area contributed by atoms with E-state index in [1.807, 2.05) is 0 Å². The van der Waals surface area contributed by atoms with E-state index in [-0.39, 0.29) is 5.97 Å². The molecule has 0 aromatic carbocycles. The van der Waals surface area contributed by atoms with Crippen molar-refractivity contribution in [2.75, 3.05) is 6.61 Å². The fourth-order valence-electron chi connectivity index (χ4n) is 1.13. The maximum absolute atomic E-state index is 11.4. The third-order valence-corrected chi connectivity index (χ3v) is 2.60. The van der Waals surface area contributed by atoms with Gasteiger partial charge in [0.2, 0.25) is 5.13 Å². The first-order chi connectivity index (χ1) is 7.70. The Kier molecular flexibility index (Phi) is 2.95. The number of nitrogens with zero attached hydrogens (tertiary/aromatic N) is 4. The summed E-state index contributed by atoms with van der Waals surface area (Å²) < 4.78 is 10.4. The highest BCUT2D eigenvalue weighted by Gasteiger charge is 2.11. The molecule has 0 bridgehead atoms. The van der Waals surface area contributed by atoms with Crippen LogP contribution in [-0.2, 0) is 4.74 Å². The standard InChI is InChI=1S/C9H10N4O2S/c1-3-15-8(14)7-4-10-13(5-7)9-11-6(2)12-16-9/h4-5H,3H2,1-2H3. The van der Waals surface area contributed by atoms with Crippen molar-refractivity contribution in [3.05, 3.63) is 23.8 Å². The van der Waals surface area contributed by atoms with Gasteiger partial charge >= 0.3 is 5.97 Å². The van der Waals surface area contributed by atoms with E-state index >= 15 is 0 Å². The van der Waals surface area contributed by atoms with Crippen molar-refractivity contribution in [3.63, 3.8) is 0 Å². The van der Waals surface area contributed by atoms with Crippen LogP contribution in [0.3, 0.4) is 0 Å². The van der Waals surface area contributed by atoms with Gasteiger partial charge < -0.3 is 4.74 Å². The molecular formula is C9H10N4O2S. The number of ether oxygens (including phenoxy) is 1. The fraction of sp³-hybridized carbons (Fsp3) is 0.333. The van der Waals surface area contributed by atoms with Crippen LogP contribution in [0.2, 0.25) is 0 Å². The second-order valence-electron chi connectivity index (χ2n) is 3.02. The van der Waals surface area contributed by atoms with E-state index in [0.29, 0.717) is 23.1 Å². The number of hydrogen-bond donors (Lipinski definition) is 0. The van der Waals surface area contributed by atoms with E-state index in [1.165, 1.54) is 22.4 Å². The van der Waals surface area contributed by atoms with Crippen molar-refractivity contribution in [2.45, 2.75) is 13.8 Å². The zero-order valence-corrected chi connectivity index (χ0v) is 9.69. The minimum atomic E-state index is -0.380. The lowest BCUT2D eigenvalue weighted by Gasteiger charge is -1.96. The summed E-state index contributed by atoms with van der Waals surface area (Å²) in [5.74, 6) is 0.308. The van der Waals surface area contributed by atoms with Crippen molar-refractivity contribution in [2.24, 2.45) is 0 Å². The molecule has 0 aliphatic heterocycles. The number of hydrogen-bond acceptors (Lipinski definition) is 6. The number of carbonyl (C=O) groups is 1. The fourth-order valence-corrected chi connectivity index (χ4v) is 1.74. The smallest absolute Gasteiger partial charge is 0.341 e. The normalized spacial score (nSPS) is 10.4. The molecule has 0 saturated heterocycles. The Hall–Kier alpha value is -1.76. The van der Waals surface area contributed by atoms with Crippen LogP contribution in [0.15, 0.2) is 12.4 Å². The van der Waals surface area contributed by atoms with Crippen molar-refractivity contribution in [1.82, 2.24) is 19.1 Å². The third kappa shape index (κ3) is 2.08. The highest BCUT2D eigenvalue weighted by atomic mass is 32.1. The molecule has 2 heterocycles. The van der Waals surface area contributed by atoms with E-state index in [1.54, 1.807) is 20.0 Å². The van der Waals surface area contributed by atoms with Gasteiger partial charge in [-0.05, 0) is 13.8 Å². The second-order valence-corrected chi connectivity index (χ2v) is 3.75. The number of esters is 1. The van der Waals surface area contributed by atoms with E-state index < -0.39 is 0 Å². The van der Waals surface area contributed by atoms with Crippen LogP contribution in [0.25, 0.3) is 5.13 Å². The van der Waals surface area contributed by atoms with Gasteiger partial charge in [0.05, 0.1) is 18.4 Å². The zero-order chi connectivity index (χ0) is 11.5. The van der Waals surface area contributed by atoms with Gasteiger partial charge in [0.1, 0.15) is 5.82 Å². The average Bonchev–Trinajstić information content (AvgIpc) is 2.85. The number of carbonyl (C=O) groups excluding carboxylic acids is 1. The predicted molar refractivity (Wildman–Crippen MR) is 57.7 cm³/mol. The lowest BCUT2D eigenvalue weighted by molar-refractivity contribution is 0.0526. The van der Waals surface area contributed by atoms with Gasteiger partial charge in [-0.3, -0.25) is 0 Å². The summed E-state index contributed by atoms with van der Waals surface area (Å²) in [4.78, 5) is 15.5. The van der Waals surface area contributed by atoms with Crippen molar-refractivity contribution in [3.8, 4) is 5.13 Å². The molecule has 0 aliphatic carbocycles. The van der Waals surface area contributed by atoms with Gasteiger partial charge in [0, 0.05) is 17.7 Å². The highest BCUT2D eigenvalue weighted by Crippen LogP contribution is 2.11. The minimum Gasteiger partial charge on any atom is -0.462 e. The number of aromatic nitrogens is 4. The van der Waals surface area contributed by atoms with Gasteiger partial charge in [-0.25, -0.2) is 14.5 Å². The maximum atomic E-state index is 11.4. The van der Waals surface area contributed by atoms with Crippen molar-refractivity contribution in [1.29, 1.82) is 0 Å².